The highest BCUT2D eigenvalue weighted by Gasteiger charge is 2.19. The van der Waals surface area contributed by atoms with Gasteiger partial charge in [-0.2, -0.15) is 0 Å². The van der Waals surface area contributed by atoms with Gasteiger partial charge in [-0.05, 0) is 66.3 Å². The van der Waals surface area contributed by atoms with Crippen molar-refractivity contribution in [2.24, 2.45) is 5.73 Å². The second-order valence-electron chi connectivity index (χ2n) is 9.34. The molecule has 4 rings (SSSR count). The first kappa shape index (κ1) is 26.4. The molecule has 0 bridgehead atoms. The quantitative estimate of drug-likeness (QED) is 0.217. The number of hydrogen-bond acceptors (Lipinski definition) is 5. The van der Waals surface area contributed by atoms with Crippen LogP contribution in [-0.4, -0.2) is 33.7 Å². The molecule has 3 aromatic carbocycles. The lowest BCUT2D eigenvalue weighted by Gasteiger charge is -2.19. The van der Waals surface area contributed by atoms with Gasteiger partial charge in [0.25, 0.3) is 0 Å². The summed E-state index contributed by atoms with van der Waals surface area (Å²) in [6, 6.07) is 21.4. The number of fused-ring (bicyclic) bond motifs is 1. The van der Waals surface area contributed by atoms with Crippen molar-refractivity contribution in [1.29, 1.82) is 0 Å². The lowest BCUT2D eigenvalue weighted by atomic mass is 9.90. The van der Waals surface area contributed by atoms with E-state index < -0.39 is 12.0 Å². The fourth-order valence-electron chi connectivity index (χ4n) is 4.52. The minimum Gasteiger partial charge on any atom is -0.506 e. The number of hydrogen-bond donors (Lipinski definition) is 5. The molecule has 4 aromatic rings. The molecule has 0 fully saturated rings. The van der Waals surface area contributed by atoms with Gasteiger partial charge in [0.2, 0.25) is 11.5 Å². The number of aromatic nitrogens is 1. The summed E-state index contributed by atoms with van der Waals surface area (Å²) in [5.74, 6) is -0.853. The van der Waals surface area contributed by atoms with Crippen molar-refractivity contribution in [1.82, 2.24) is 10.3 Å². The van der Waals surface area contributed by atoms with Crippen molar-refractivity contribution in [3.63, 3.8) is 0 Å². The number of carbonyl (C=O) groups excluding carboxylic acids is 1. The monoisotopic (exact) mass is 519 g/mol. The molecule has 0 saturated heterocycles. The average molecular weight is 520 g/mol. The van der Waals surface area contributed by atoms with E-state index in [1.807, 2.05) is 43.3 Å². The number of nitrogens with one attached hydrogen (secondary N) is 2. The lowest BCUT2D eigenvalue weighted by molar-refractivity contribution is -0.119. The number of pyridine rings is 1. The largest absolute Gasteiger partial charge is 0.506 e. The first-order valence-corrected chi connectivity index (χ1v) is 12.5. The Morgan fingerprint density at radius 3 is 2.30 bits per heavy atom. The number of nitrogens with two attached hydrogens (primary N) is 1. The van der Waals surface area contributed by atoms with E-state index in [1.165, 1.54) is 12.1 Å². The molecule has 192 valence electrons. The van der Waals surface area contributed by atoms with Crippen molar-refractivity contribution in [2.75, 3.05) is 6.54 Å². The van der Waals surface area contributed by atoms with Crippen LogP contribution in [0, 0.1) is 0 Å². The molecule has 0 aliphatic heterocycles. The maximum Gasteiger partial charge on any atom is 0.248 e. The van der Waals surface area contributed by atoms with Crippen LogP contribution in [0.5, 0.6) is 5.75 Å². The van der Waals surface area contributed by atoms with E-state index in [4.69, 9.17) is 17.3 Å². The van der Waals surface area contributed by atoms with Gasteiger partial charge >= 0.3 is 0 Å². The summed E-state index contributed by atoms with van der Waals surface area (Å²) in [7, 11) is 0. The van der Waals surface area contributed by atoms with E-state index in [2.05, 4.69) is 10.3 Å². The van der Waals surface area contributed by atoms with Crippen molar-refractivity contribution < 1.29 is 15.0 Å². The maximum absolute atomic E-state index is 12.1. The third-order valence-corrected chi connectivity index (χ3v) is 6.80. The lowest BCUT2D eigenvalue weighted by Crippen LogP contribution is -2.32. The molecule has 1 unspecified atom stereocenters. The van der Waals surface area contributed by atoms with E-state index >= 15 is 0 Å². The van der Waals surface area contributed by atoms with E-state index in [9.17, 15) is 19.8 Å². The number of carbonyl (C=O) groups is 1. The van der Waals surface area contributed by atoms with E-state index in [0.717, 1.165) is 23.1 Å². The number of aromatic amines is 1. The highest BCUT2D eigenvalue weighted by Crippen LogP contribution is 2.28. The van der Waals surface area contributed by atoms with Gasteiger partial charge in [0.05, 0.1) is 17.5 Å². The Morgan fingerprint density at radius 2 is 1.62 bits per heavy atom. The molecule has 0 saturated carbocycles. The van der Waals surface area contributed by atoms with Gasteiger partial charge in [0.1, 0.15) is 5.75 Å². The Bertz CT molecular complexity index is 1430. The van der Waals surface area contributed by atoms with Crippen molar-refractivity contribution in [2.45, 2.75) is 37.8 Å². The number of aliphatic hydroxyl groups is 1. The second kappa shape index (κ2) is 11.6. The fraction of sp³-hybridized carbons (Fsp3) is 0.241. The van der Waals surface area contributed by atoms with Crippen LogP contribution in [0.4, 0.5) is 0 Å². The van der Waals surface area contributed by atoms with Gasteiger partial charge in [-0.1, -0.05) is 54.1 Å². The highest BCUT2D eigenvalue weighted by atomic mass is 35.5. The zero-order valence-electron chi connectivity index (χ0n) is 20.4. The number of aliphatic hydroxyl groups excluding tert-OH is 1. The number of aromatic hydroxyl groups is 1. The van der Waals surface area contributed by atoms with E-state index in [-0.39, 0.29) is 23.3 Å². The molecule has 8 heteroatoms. The molecule has 3 atom stereocenters. The van der Waals surface area contributed by atoms with Crippen LogP contribution >= 0.6 is 11.6 Å². The molecule has 0 spiro atoms. The van der Waals surface area contributed by atoms with Gasteiger partial charge in [-0.25, -0.2) is 0 Å². The van der Waals surface area contributed by atoms with Crippen LogP contribution in [-0.2, 0) is 17.6 Å². The van der Waals surface area contributed by atoms with Crippen LogP contribution < -0.4 is 16.6 Å². The van der Waals surface area contributed by atoms with Crippen molar-refractivity contribution >= 4 is 28.4 Å². The summed E-state index contributed by atoms with van der Waals surface area (Å²) < 4.78 is 0. The molecule has 0 aliphatic rings. The molecule has 1 aromatic heterocycles. The van der Waals surface area contributed by atoms with E-state index in [0.29, 0.717) is 34.5 Å². The molecule has 7 nitrogen and oxygen atoms in total. The zero-order chi connectivity index (χ0) is 26.5. The Hall–Kier alpha value is -3.65. The maximum atomic E-state index is 12.1. The Balaban J connectivity index is 1.37. The van der Waals surface area contributed by atoms with Crippen molar-refractivity contribution in [3.05, 3.63) is 110 Å². The van der Waals surface area contributed by atoms with Crippen LogP contribution in [0.1, 0.15) is 41.2 Å². The number of phenols is 1. The topological polar surface area (TPSA) is 128 Å². The minimum absolute atomic E-state index is 0.0415. The Kier molecular flexibility index (Phi) is 8.28. The van der Waals surface area contributed by atoms with Crippen molar-refractivity contribution in [3.8, 4) is 5.75 Å². The standard InChI is InChI=1S/C29H30ClN3O4/c1-17(32-16-26(35)22-10-12-25(34)28-23(22)11-13-27(36)33-28)14-18-2-6-20(7-3-18)24(29(31)37)15-19-4-8-21(30)9-5-19/h2-13,17,24,26,32,34-35H,14-16H2,1H3,(H2,31,37)(H,33,36)/t17-,24?,26+/m1/s1. The predicted molar refractivity (Wildman–Crippen MR) is 146 cm³/mol. The summed E-state index contributed by atoms with van der Waals surface area (Å²) in [5.41, 5.74) is 9.24. The van der Waals surface area contributed by atoms with Gasteiger partial charge in [0, 0.05) is 29.1 Å². The van der Waals surface area contributed by atoms with Crippen LogP contribution in [0.25, 0.3) is 10.9 Å². The number of amides is 1. The Morgan fingerprint density at radius 1 is 0.973 bits per heavy atom. The van der Waals surface area contributed by atoms with Crippen LogP contribution in [0.2, 0.25) is 5.02 Å². The molecule has 1 amide bonds. The normalized spacial score (nSPS) is 13.8. The van der Waals surface area contributed by atoms with Gasteiger partial charge < -0.3 is 26.2 Å². The van der Waals surface area contributed by atoms with Gasteiger partial charge in [0.15, 0.2) is 0 Å². The number of H-pyrrole nitrogens is 1. The van der Waals surface area contributed by atoms with Gasteiger partial charge in [-0.15, -0.1) is 0 Å². The SMILES string of the molecule is C[C@H](Cc1ccc(C(Cc2ccc(Cl)cc2)C(N)=O)cc1)NC[C@H](O)c1ccc(O)c2[nH]c(=O)ccc12. The highest BCUT2D eigenvalue weighted by molar-refractivity contribution is 6.30. The van der Waals surface area contributed by atoms with Crippen LogP contribution in [0.15, 0.2) is 77.6 Å². The fourth-order valence-corrected chi connectivity index (χ4v) is 4.65. The smallest absolute Gasteiger partial charge is 0.248 e. The summed E-state index contributed by atoms with van der Waals surface area (Å²) in [5, 5.41) is 25.4. The number of rotatable bonds is 10. The molecular formula is C29H30ClN3O4. The third kappa shape index (κ3) is 6.57. The molecule has 6 N–H and O–H groups in total. The molecular weight excluding hydrogens is 490 g/mol. The molecule has 37 heavy (non-hydrogen) atoms. The number of phenolic OH excluding ortho intramolecular Hbond substituents is 1. The average Bonchev–Trinajstić information content (AvgIpc) is 2.88. The van der Waals surface area contributed by atoms with Gasteiger partial charge in [-0.3, -0.25) is 9.59 Å². The summed E-state index contributed by atoms with van der Waals surface area (Å²) in [6.45, 7) is 2.32. The number of halogens is 1. The summed E-state index contributed by atoms with van der Waals surface area (Å²) in [6.07, 6.45) is 0.388. The second-order valence-corrected chi connectivity index (χ2v) is 9.78. The summed E-state index contributed by atoms with van der Waals surface area (Å²) in [4.78, 5) is 26.4. The van der Waals surface area contributed by atoms with E-state index in [1.54, 1.807) is 24.3 Å². The molecule has 0 aliphatic carbocycles. The molecule has 0 radical (unpaired) electrons. The first-order valence-electron chi connectivity index (χ1n) is 12.1. The minimum atomic E-state index is -0.831. The predicted octanol–water partition coefficient (Wildman–Crippen LogP) is 3.95. The Labute approximate surface area is 219 Å². The number of primary amides is 1. The summed E-state index contributed by atoms with van der Waals surface area (Å²) >= 11 is 5.96. The first-order chi connectivity index (χ1) is 17.7. The third-order valence-electron chi connectivity index (χ3n) is 6.55. The van der Waals surface area contributed by atoms with Crippen LogP contribution in [0.3, 0.4) is 0 Å². The zero-order valence-corrected chi connectivity index (χ0v) is 21.2. The molecule has 1 heterocycles. The number of benzene rings is 3.